The Balaban J connectivity index is 1.80. The van der Waals surface area contributed by atoms with Crippen molar-refractivity contribution in [1.82, 2.24) is 9.80 Å². The number of fused-ring (bicyclic) bond motifs is 1. The molecule has 2 saturated heterocycles. The molecule has 2 heterocycles. The summed E-state index contributed by atoms with van der Waals surface area (Å²) < 4.78 is 0. The number of hydrogen-bond donors (Lipinski definition) is 2. The van der Waals surface area contributed by atoms with E-state index < -0.39 is 24.0 Å². The molecule has 0 aromatic carbocycles. The third-order valence-corrected chi connectivity index (χ3v) is 5.22. The fourth-order valence-electron chi connectivity index (χ4n) is 4.28. The molecule has 116 valence electrons. The van der Waals surface area contributed by atoms with Crippen molar-refractivity contribution in [2.75, 3.05) is 13.1 Å². The van der Waals surface area contributed by atoms with Gasteiger partial charge in [0.15, 0.2) is 0 Å². The highest BCUT2D eigenvalue weighted by Gasteiger charge is 2.51. The first-order valence-electron chi connectivity index (χ1n) is 7.60. The highest BCUT2D eigenvalue weighted by molar-refractivity contribution is 5.89. The molecule has 0 aromatic heterocycles. The van der Waals surface area contributed by atoms with E-state index in [0.29, 0.717) is 19.5 Å². The van der Waals surface area contributed by atoms with E-state index in [1.165, 1.54) is 9.80 Å². The SMILES string of the molecule is NC(=O)C1CCCN1C(=O)N1CC2CCCC2C1C(=O)O. The molecule has 4 unspecified atom stereocenters. The lowest BCUT2D eigenvalue weighted by Crippen LogP contribution is -2.53. The molecule has 3 N–H and O–H groups in total. The van der Waals surface area contributed by atoms with Gasteiger partial charge in [-0.15, -0.1) is 0 Å². The predicted octanol–water partition coefficient (Wildman–Crippen LogP) is 0.241. The summed E-state index contributed by atoms with van der Waals surface area (Å²) in [7, 11) is 0. The predicted molar refractivity (Wildman–Crippen MR) is 73.3 cm³/mol. The normalized spacial score (nSPS) is 35.0. The number of carbonyl (C=O) groups is 3. The molecule has 3 rings (SSSR count). The van der Waals surface area contributed by atoms with E-state index >= 15 is 0 Å². The Morgan fingerprint density at radius 2 is 1.81 bits per heavy atom. The summed E-state index contributed by atoms with van der Waals surface area (Å²) in [5.74, 6) is -1.11. The number of aliphatic carboxylic acids is 1. The van der Waals surface area contributed by atoms with E-state index in [-0.39, 0.29) is 17.9 Å². The van der Waals surface area contributed by atoms with Crippen LogP contribution in [0.4, 0.5) is 4.79 Å². The molecule has 1 saturated carbocycles. The van der Waals surface area contributed by atoms with Crippen LogP contribution in [-0.4, -0.2) is 58.0 Å². The molecule has 2 aliphatic heterocycles. The first kappa shape index (κ1) is 14.2. The van der Waals surface area contributed by atoms with Gasteiger partial charge >= 0.3 is 12.0 Å². The molecule has 0 spiro atoms. The lowest BCUT2D eigenvalue weighted by atomic mass is 9.94. The summed E-state index contributed by atoms with van der Waals surface area (Å²) in [6.45, 7) is 0.965. The molecule has 7 heteroatoms. The van der Waals surface area contributed by atoms with Crippen molar-refractivity contribution >= 4 is 17.9 Å². The molecule has 7 nitrogen and oxygen atoms in total. The molecule has 4 atom stereocenters. The molecule has 21 heavy (non-hydrogen) atoms. The highest BCUT2D eigenvalue weighted by atomic mass is 16.4. The fourth-order valence-corrected chi connectivity index (χ4v) is 4.28. The molecule has 3 aliphatic rings. The minimum Gasteiger partial charge on any atom is -0.480 e. The minimum absolute atomic E-state index is 0.0566. The van der Waals surface area contributed by atoms with E-state index in [9.17, 15) is 19.5 Å². The Labute approximate surface area is 123 Å². The van der Waals surface area contributed by atoms with Crippen molar-refractivity contribution in [2.24, 2.45) is 17.6 Å². The van der Waals surface area contributed by atoms with Gasteiger partial charge in [-0.3, -0.25) is 4.79 Å². The highest BCUT2D eigenvalue weighted by Crippen LogP contribution is 2.43. The Bertz CT molecular complexity index is 481. The molecule has 0 bridgehead atoms. The van der Waals surface area contributed by atoms with Crippen LogP contribution in [0.25, 0.3) is 0 Å². The van der Waals surface area contributed by atoms with Crippen molar-refractivity contribution in [3.05, 3.63) is 0 Å². The Hall–Kier alpha value is -1.79. The summed E-state index contributed by atoms with van der Waals surface area (Å²) in [4.78, 5) is 38.6. The maximum atomic E-state index is 12.7. The maximum absolute atomic E-state index is 12.7. The molecule has 1 aliphatic carbocycles. The maximum Gasteiger partial charge on any atom is 0.326 e. The van der Waals surface area contributed by atoms with Crippen LogP contribution < -0.4 is 5.73 Å². The van der Waals surface area contributed by atoms with E-state index in [0.717, 1.165) is 25.7 Å². The number of likely N-dealkylation sites (tertiary alicyclic amines) is 2. The van der Waals surface area contributed by atoms with E-state index in [2.05, 4.69) is 0 Å². The Morgan fingerprint density at radius 3 is 2.48 bits per heavy atom. The average molecular weight is 295 g/mol. The van der Waals surface area contributed by atoms with Gasteiger partial charge in [0.1, 0.15) is 12.1 Å². The Kier molecular flexibility index (Phi) is 3.51. The second-order valence-electron chi connectivity index (χ2n) is 6.33. The van der Waals surface area contributed by atoms with Crippen molar-refractivity contribution in [3.8, 4) is 0 Å². The van der Waals surface area contributed by atoms with Gasteiger partial charge in [-0.1, -0.05) is 6.42 Å². The van der Waals surface area contributed by atoms with Crippen LogP contribution in [0.5, 0.6) is 0 Å². The third-order valence-electron chi connectivity index (χ3n) is 5.22. The second kappa shape index (κ2) is 5.20. The summed E-state index contributed by atoms with van der Waals surface area (Å²) in [5, 5.41) is 9.49. The zero-order chi connectivity index (χ0) is 15.1. The summed E-state index contributed by atoms with van der Waals surface area (Å²) in [6.07, 6.45) is 4.19. The van der Waals surface area contributed by atoms with Crippen LogP contribution in [-0.2, 0) is 9.59 Å². The lowest BCUT2D eigenvalue weighted by molar-refractivity contribution is -0.142. The van der Waals surface area contributed by atoms with Gasteiger partial charge in [0, 0.05) is 13.1 Å². The molecule has 3 fully saturated rings. The molecule has 0 aromatic rings. The van der Waals surface area contributed by atoms with Gasteiger partial charge in [0.05, 0.1) is 0 Å². The number of primary amides is 1. The summed E-state index contributed by atoms with van der Waals surface area (Å²) in [5.41, 5.74) is 5.34. The van der Waals surface area contributed by atoms with Gasteiger partial charge < -0.3 is 20.6 Å². The van der Waals surface area contributed by atoms with Crippen molar-refractivity contribution in [1.29, 1.82) is 0 Å². The molecular formula is C14H21N3O4. The largest absolute Gasteiger partial charge is 0.480 e. The number of carboxylic acids is 1. The minimum atomic E-state index is -0.937. The smallest absolute Gasteiger partial charge is 0.326 e. The van der Waals surface area contributed by atoms with E-state index in [4.69, 9.17) is 5.73 Å². The lowest BCUT2D eigenvalue weighted by Gasteiger charge is -2.31. The van der Waals surface area contributed by atoms with Crippen molar-refractivity contribution in [3.63, 3.8) is 0 Å². The fraction of sp³-hybridized carbons (Fsp3) is 0.786. The molecule has 0 radical (unpaired) electrons. The van der Waals surface area contributed by atoms with Gasteiger partial charge in [0.2, 0.25) is 5.91 Å². The number of hydrogen-bond acceptors (Lipinski definition) is 3. The van der Waals surface area contributed by atoms with Crippen LogP contribution in [0.1, 0.15) is 32.1 Å². The number of nitrogens with two attached hydrogens (primary N) is 1. The van der Waals surface area contributed by atoms with Gasteiger partial charge in [-0.25, -0.2) is 9.59 Å². The number of rotatable bonds is 2. The number of carboxylic acid groups (broad SMARTS) is 1. The average Bonchev–Trinajstić information content (AvgIpc) is 3.11. The van der Waals surface area contributed by atoms with Gasteiger partial charge in [-0.05, 0) is 37.5 Å². The topological polar surface area (TPSA) is 104 Å². The third kappa shape index (κ3) is 2.24. The summed E-state index contributed by atoms with van der Waals surface area (Å²) >= 11 is 0. The number of carbonyl (C=O) groups excluding carboxylic acids is 2. The number of nitrogens with zero attached hydrogens (tertiary/aromatic N) is 2. The van der Waals surface area contributed by atoms with Crippen LogP contribution in [0, 0.1) is 11.8 Å². The van der Waals surface area contributed by atoms with Crippen molar-refractivity contribution in [2.45, 2.75) is 44.2 Å². The van der Waals surface area contributed by atoms with Gasteiger partial charge in [0.25, 0.3) is 0 Å². The van der Waals surface area contributed by atoms with Crippen molar-refractivity contribution < 1.29 is 19.5 Å². The number of urea groups is 1. The summed E-state index contributed by atoms with van der Waals surface area (Å²) in [6, 6.07) is -1.68. The molecular weight excluding hydrogens is 274 g/mol. The monoisotopic (exact) mass is 295 g/mol. The second-order valence-corrected chi connectivity index (χ2v) is 6.33. The van der Waals surface area contributed by atoms with Gasteiger partial charge in [-0.2, -0.15) is 0 Å². The zero-order valence-electron chi connectivity index (χ0n) is 11.9. The van der Waals surface area contributed by atoms with E-state index in [1.54, 1.807) is 0 Å². The first-order chi connectivity index (χ1) is 10.0. The van der Waals surface area contributed by atoms with E-state index in [1.807, 2.05) is 0 Å². The van der Waals surface area contributed by atoms with Crippen LogP contribution in [0.15, 0.2) is 0 Å². The standard InChI is InChI=1S/C14H21N3O4/c15-12(18)10-5-2-6-16(10)14(21)17-7-8-3-1-4-9(8)11(17)13(19)20/h8-11H,1-7H2,(H2,15,18)(H,19,20). The molecule has 3 amide bonds. The van der Waals surface area contributed by atoms with Crippen LogP contribution in [0.2, 0.25) is 0 Å². The first-order valence-corrected chi connectivity index (χ1v) is 7.60. The van der Waals surface area contributed by atoms with Crippen LogP contribution in [0.3, 0.4) is 0 Å². The quantitative estimate of drug-likeness (QED) is 0.761. The zero-order valence-corrected chi connectivity index (χ0v) is 11.9. The number of amides is 3. The Morgan fingerprint density at radius 1 is 1.05 bits per heavy atom. The van der Waals surface area contributed by atoms with Crippen LogP contribution >= 0.6 is 0 Å².